The predicted octanol–water partition coefficient (Wildman–Crippen LogP) is 3.77. The molecule has 0 saturated carbocycles. The van der Waals surface area contributed by atoms with Crippen molar-refractivity contribution in [3.8, 4) is 0 Å². The minimum atomic E-state index is -1.07. The number of nitrogens with one attached hydrogen (secondary N) is 1. The van der Waals surface area contributed by atoms with E-state index in [-0.39, 0.29) is 17.4 Å². The third-order valence-corrected chi connectivity index (χ3v) is 3.76. The van der Waals surface area contributed by atoms with Crippen LogP contribution < -0.4 is 5.32 Å². The van der Waals surface area contributed by atoms with E-state index >= 15 is 0 Å². The van der Waals surface area contributed by atoms with E-state index in [0.717, 1.165) is 10.5 Å². The van der Waals surface area contributed by atoms with E-state index in [1.54, 1.807) is 19.3 Å². The van der Waals surface area contributed by atoms with Crippen LogP contribution in [0, 0.1) is 11.6 Å². The fraction of sp³-hybridized carbons (Fsp3) is 0.214. The van der Waals surface area contributed by atoms with Crippen molar-refractivity contribution in [3.05, 3.63) is 51.7 Å². The van der Waals surface area contributed by atoms with Gasteiger partial charge < -0.3 is 10.1 Å². The van der Waals surface area contributed by atoms with E-state index in [4.69, 9.17) is 4.74 Å². The van der Waals surface area contributed by atoms with Crippen LogP contribution in [0.15, 0.2) is 34.5 Å². The van der Waals surface area contributed by atoms with Crippen LogP contribution >= 0.6 is 15.9 Å². The minimum absolute atomic E-state index is 0.0624. The number of ether oxygens (including phenoxy) is 1. The van der Waals surface area contributed by atoms with Crippen LogP contribution in [0.2, 0.25) is 0 Å². The molecule has 1 aromatic rings. The third-order valence-electron chi connectivity index (χ3n) is 2.98. The summed E-state index contributed by atoms with van der Waals surface area (Å²) in [6.45, 7) is 0. The second kappa shape index (κ2) is 6.28. The first-order valence-corrected chi connectivity index (χ1v) is 6.65. The zero-order chi connectivity index (χ0) is 14.7. The van der Waals surface area contributed by atoms with Crippen molar-refractivity contribution in [1.29, 1.82) is 0 Å². The van der Waals surface area contributed by atoms with Gasteiger partial charge in [-0.15, -0.1) is 0 Å². The van der Waals surface area contributed by atoms with Gasteiger partial charge in [0.05, 0.1) is 11.8 Å². The predicted molar refractivity (Wildman–Crippen MR) is 75.9 cm³/mol. The maximum Gasteiger partial charge on any atom is 0.182 e. The molecule has 1 unspecified atom stereocenters. The Morgan fingerprint density at radius 3 is 2.80 bits per heavy atom. The van der Waals surface area contributed by atoms with Crippen molar-refractivity contribution in [3.63, 3.8) is 0 Å². The standard InChI is InChI=1S/C14H12BrF2NO2/c1-20-12-6-9(3-4-10(12)15)18-14-8(7-19)2-5-11(16)13(14)17/h2-5,7,12,18H,6H2,1H3. The molecule has 1 aliphatic carbocycles. The summed E-state index contributed by atoms with van der Waals surface area (Å²) in [7, 11) is 1.56. The second-order valence-corrected chi connectivity index (χ2v) is 5.16. The fourth-order valence-corrected chi connectivity index (χ4v) is 2.37. The van der Waals surface area contributed by atoms with E-state index in [9.17, 15) is 13.6 Å². The highest BCUT2D eigenvalue weighted by atomic mass is 79.9. The SMILES string of the molecule is COC1CC(Nc2c(C=O)ccc(F)c2F)=CC=C1Br. The van der Waals surface area contributed by atoms with Gasteiger partial charge in [-0.1, -0.05) is 15.9 Å². The van der Waals surface area contributed by atoms with Crippen LogP contribution in [-0.4, -0.2) is 19.5 Å². The van der Waals surface area contributed by atoms with Crippen molar-refractivity contribution in [2.45, 2.75) is 12.5 Å². The number of rotatable bonds is 4. The average Bonchev–Trinajstić information content (AvgIpc) is 2.46. The zero-order valence-corrected chi connectivity index (χ0v) is 12.2. The van der Waals surface area contributed by atoms with Gasteiger partial charge in [0, 0.05) is 29.3 Å². The summed E-state index contributed by atoms with van der Waals surface area (Å²) in [5.74, 6) is -2.08. The van der Waals surface area contributed by atoms with E-state index < -0.39 is 11.6 Å². The summed E-state index contributed by atoms with van der Waals surface area (Å²) in [6.07, 6.45) is 4.23. The van der Waals surface area contributed by atoms with Gasteiger partial charge in [0.1, 0.15) is 0 Å². The molecule has 0 spiro atoms. The van der Waals surface area contributed by atoms with Crippen molar-refractivity contribution in [1.82, 2.24) is 0 Å². The van der Waals surface area contributed by atoms with Crippen LogP contribution in [0.4, 0.5) is 14.5 Å². The summed E-state index contributed by atoms with van der Waals surface area (Å²) >= 11 is 3.36. The quantitative estimate of drug-likeness (QED) is 0.845. The molecule has 0 aromatic heterocycles. The van der Waals surface area contributed by atoms with Crippen LogP contribution in [0.3, 0.4) is 0 Å². The van der Waals surface area contributed by atoms with Gasteiger partial charge in [0.2, 0.25) is 0 Å². The highest BCUT2D eigenvalue weighted by molar-refractivity contribution is 9.11. The molecule has 0 bridgehead atoms. The van der Waals surface area contributed by atoms with Crippen LogP contribution in [0.1, 0.15) is 16.8 Å². The van der Waals surface area contributed by atoms with Gasteiger partial charge in [-0.25, -0.2) is 8.78 Å². The van der Waals surface area contributed by atoms with Gasteiger partial charge in [-0.05, 0) is 24.3 Å². The number of anilines is 1. The lowest BCUT2D eigenvalue weighted by Crippen LogP contribution is -2.18. The molecule has 1 aromatic carbocycles. The molecule has 0 radical (unpaired) electrons. The minimum Gasteiger partial charge on any atom is -0.376 e. The number of carbonyl (C=O) groups is 1. The van der Waals surface area contributed by atoms with Crippen LogP contribution in [-0.2, 0) is 4.74 Å². The molecule has 6 heteroatoms. The Kier molecular flexibility index (Phi) is 4.67. The number of hydrogen-bond donors (Lipinski definition) is 1. The lowest BCUT2D eigenvalue weighted by molar-refractivity contribution is 0.112. The van der Waals surface area contributed by atoms with Gasteiger partial charge in [-0.3, -0.25) is 4.79 Å². The molecule has 0 heterocycles. The van der Waals surface area contributed by atoms with E-state index in [1.807, 2.05) is 0 Å². The number of allylic oxidation sites excluding steroid dienone is 2. The van der Waals surface area contributed by atoms with E-state index in [2.05, 4.69) is 21.2 Å². The Bertz CT molecular complexity index is 599. The van der Waals surface area contributed by atoms with Crippen molar-refractivity contribution >= 4 is 27.9 Å². The number of hydrogen-bond acceptors (Lipinski definition) is 3. The van der Waals surface area contributed by atoms with Crippen LogP contribution in [0.5, 0.6) is 0 Å². The maximum atomic E-state index is 13.8. The van der Waals surface area contributed by atoms with E-state index in [0.29, 0.717) is 18.4 Å². The largest absolute Gasteiger partial charge is 0.376 e. The molecular weight excluding hydrogens is 332 g/mol. The first-order chi connectivity index (χ1) is 9.56. The molecule has 2 rings (SSSR count). The van der Waals surface area contributed by atoms with Crippen molar-refractivity contribution in [2.75, 3.05) is 12.4 Å². The highest BCUT2D eigenvalue weighted by Crippen LogP contribution is 2.29. The third kappa shape index (κ3) is 2.96. The Morgan fingerprint density at radius 1 is 1.40 bits per heavy atom. The molecule has 20 heavy (non-hydrogen) atoms. The number of benzene rings is 1. The van der Waals surface area contributed by atoms with Gasteiger partial charge in [-0.2, -0.15) is 0 Å². The second-order valence-electron chi connectivity index (χ2n) is 4.24. The topological polar surface area (TPSA) is 38.3 Å². The van der Waals surface area contributed by atoms with Gasteiger partial charge >= 0.3 is 0 Å². The Morgan fingerprint density at radius 2 is 2.15 bits per heavy atom. The molecule has 0 aliphatic heterocycles. The highest BCUT2D eigenvalue weighted by Gasteiger charge is 2.20. The molecule has 0 amide bonds. The number of methoxy groups -OCH3 is 1. The smallest absolute Gasteiger partial charge is 0.182 e. The molecule has 1 N–H and O–H groups in total. The van der Waals surface area contributed by atoms with Crippen molar-refractivity contribution < 1.29 is 18.3 Å². The number of carbonyl (C=O) groups excluding carboxylic acids is 1. The number of aldehydes is 1. The summed E-state index contributed by atoms with van der Waals surface area (Å²) in [5.41, 5.74) is 0.535. The Labute approximate surface area is 123 Å². The lowest BCUT2D eigenvalue weighted by Gasteiger charge is -2.22. The molecule has 1 atom stereocenters. The van der Waals surface area contributed by atoms with Gasteiger partial charge in [0.25, 0.3) is 0 Å². The Hall–Kier alpha value is -1.53. The normalized spacial score (nSPS) is 18.3. The first-order valence-electron chi connectivity index (χ1n) is 5.86. The van der Waals surface area contributed by atoms with Crippen LogP contribution in [0.25, 0.3) is 0 Å². The summed E-state index contributed by atoms with van der Waals surface area (Å²) in [4.78, 5) is 10.9. The summed E-state index contributed by atoms with van der Waals surface area (Å²) in [6, 6.07) is 2.16. The molecule has 106 valence electrons. The summed E-state index contributed by atoms with van der Waals surface area (Å²) in [5, 5.41) is 2.76. The van der Waals surface area contributed by atoms with Gasteiger partial charge in [0.15, 0.2) is 17.9 Å². The molecular formula is C14H12BrF2NO2. The average molecular weight is 344 g/mol. The Balaban J connectivity index is 2.31. The lowest BCUT2D eigenvalue weighted by atomic mass is 10.1. The summed E-state index contributed by atoms with van der Waals surface area (Å²) < 4.78 is 33.2. The van der Waals surface area contributed by atoms with E-state index in [1.165, 1.54) is 6.07 Å². The monoisotopic (exact) mass is 343 g/mol. The maximum absolute atomic E-state index is 13.8. The first kappa shape index (κ1) is 14.9. The number of halogens is 3. The molecule has 0 fully saturated rings. The molecule has 3 nitrogen and oxygen atoms in total. The fourth-order valence-electron chi connectivity index (χ4n) is 1.89. The molecule has 1 aliphatic rings. The van der Waals surface area contributed by atoms with Crippen molar-refractivity contribution in [2.24, 2.45) is 0 Å². The molecule has 0 saturated heterocycles. The zero-order valence-electron chi connectivity index (χ0n) is 10.6.